The Labute approximate surface area is 170 Å². The maximum atomic E-state index is 12.6. The Morgan fingerprint density at radius 1 is 1.10 bits per heavy atom. The molecule has 2 amide bonds. The van der Waals surface area contributed by atoms with Gasteiger partial charge in [0.2, 0.25) is 11.8 Å². The second kappa shape index (κ2) is 9.23. The van der Waals surface area contributed by atoms with Gasteiger partial charge in [-0.1, -0.05) is 26.0 Å². The van der Waals surface area contributed by atoms with Crippen molar-refractivity contribution in [3.8, 4) is 5.75 Å². The minimum absolute atomic E-state index is 0.00455. The summed E-state index contributed by atoms with van der Waals surface area (Å²) < 4.78 is 7.04. The molecule has 0 saturated heterocycles. The summed E-state index contributed by atoms with van der Waals surface area (Å²) in [6.45, 7) is 4.32. The summed E-state index contributed by atoms with van der Waals surface area (Å²) in [7, 11) is 1.60. The SMILES string of the molecule is COc1ccc(NC(=O)Cn2c(CCNC(=O)C(C)C)nc3ccccc32)cc1. The van der Waals surface area contributed by atoms with E-state index in [1.807, 2.05) is 42.7 Å². The quantitative estimate of drug-likeness (QED) is 0.615. The smallest absolute Gasteiger partial charge is 0.244 e. The molecule has 0 unspecified atom stereocenters. The first kappa shape index (κ1) is 20.4. The zero-order chi connectivity index (χ0) is 20.8. The Hall–Kier alpha value is -3.35. The van der Waals surface area contributed by atoms with Crippen molar-refractivity contribution in [2.24, 2.45) is 5.92 Å². The number of carbonyl (C=O) groups excluding carboxylic acids is 2. The Bertz CT molecular complexity index is 993. The number of benzene rings is 2. The van der Waals surface area contributed by atoms with Crippen molar-refractivity contribution in [2.45, 2.75) is 26.8 Å². The molecule has 0 aliphatic heterocycles. The van der Waals surface area contributed by atoms with Crippen LogP contribution in [0.15, 0.2) is 48.5 Å². The number of imidazole rings is 1. The molecule has 0 radical (unpaired) electrons. The van der Waals surface area contributed by atoms with Gasteiger partial charge in [-0.25, -0.2) is 4.98 Å². The number of carbonyl (C=O) groups is 2. The molecule has 0 aliphatic carbocycles. The average Bonchev–Trinajstić information content (AvgIpc) is 3.05. The van der Waals surface area contributed by atoms with Gasteiger partial charge in [-0.2, -0.15) is 0 Å². The third-order valence-corrected chi connectivity index (χ3v) is 4.58. The number of rotatable bonds is 8. The van der Waals surface area contributed by atoms with E-state index in [-0.39, 0.29) is 24.3 Å². The number of amides is 2. The Morgan fingerprint density at radius 2 is 1.83 bits per heavy atom. The van der Waals surface area contributed by atoms with Crippen LogP contribution in [-0.4, -0.2) is 35.0 Å². The molecule has 0 aliphatic rings. The normalized spacial score (nSPS) is 10.9. The van der Waals surface area contributed by atoms with Gasteiger partial charge in [-0.05, 0) is 36.4 Å². The molecule has 0 fully saturated rings. The van der Waals surface area contributed by atoms with E-state index in [1.165, 1.54) is 0 Å². The highest BCUT2D eigenvalue weighted by atomic mass is 16.5. The monoisotopic (exact) mass is 394 g/mol. The lowest BCUT2D eigenvalue weighted by molar-refractivity contribution is -0.124. The first-order valence-corrected chi connectivity index (χ1v) is 9.63. The molecule has 152 valence electrons. The molecule has 29 heavy (non-hydrogen) atoms. The van der Waals surface area contributed by atoms with Crippen LogP contribution < -0.4 is 15.4 Å². The van der Waals surface area contributed by atoms with Gasteiger partial charge in [-0.3, -0.25) is 9.59 Å². The third kappa shape index (κ3) is 5.13. The summed E-state index contributed by atoms with van der Waals surface area (Å²) in [4.78, 5) is 29.1. The van der Waals surface area contributed by atoms with Crippen LogP contribution in [0, 0.1) is 5.92 Å². The van der Waals surface area contributed by atoms with E-state index >= 15 is 0 Å². The van der Waals surface area contributed by atoms with E-state index in [9.17, 15) is 9.59 Å². The van der Waals surface area contributed by atoms with Gasteiger partial charge in [0, 0.05) is 24.6 Å². The molecule has 2 aromatic carbocycles. The van der Waals surface area contributed by atoms with Crippen LogP contribution in [0.4, 0.5) is 5.69 Å². The second-order valence-corrected chi connectivity index (χ2v) is 7.08. The highest BCUT2D eigenvalue weighted by Crippen LogP contribution is 2.18. The number of para-hydroxylation sites is 2. The lowest BCUT2D eigenvalue weighted by Gasteiger charge is -2.11. The van der Waals surface area contributed by atoms with Crippen molar-refractivity contribution in [1.82, 2.24) is 14.9 Å². The topological polar surface area (TPSA) is 85.2 Å². The summed E-state index contributed by atoms with van der Waals surface area (Å²) in [5.41, 5.74) is 2.42. The maximum absolute atomic E-state index is 12.6. The molecule has 1 heterocycles. The lowest BCUT2D eigenvalue weighted by Crippen LogP contribution is -2.30. The highest BCUT2D eigenvalue weighted by molar-refractivity contribution is 5.91. The van der Waals surface area contributed by atoms with Crippen molar-refractivity contribution >= 4 is 28.5 Å². The van der Waals surface area contributed by atoms with Crippen molar-refractivity contribution < 1.29 is 14.3 Å². The van der Waals surface area contributed by atoms with Gasteiger partial charge in [0.1, 0.15) is 18.1 Å². The fraction of sp³-hybridized carbons (Fsp3) is 0.318. The van der Waals surface area contributed by atoms with Gasteiger partial charge < -0.3 is 19.9 Å². The number of nitrogens with zero attached hydrogens (tertiary/aromatic N) is 2. The molecule has 1 aromatic heterocycles. The van der Waals surface area contributed by atoms with Crippen LogP contribution in [0.1, 0.15) is 19.7 Å². The van der Waals surface area contributed by atoms with Gasteiger partial charge in [0.15, 0.2) is 0 Å². The lowest BCUT2D eigenvalue weighted by atomic mass is 10.2. The van der Waals surface area contributed by atoms with Crippen LogP contribution in [0.2, 0.25) is 0 Å². The minimum atomic E-state index is -0.147. The molecule has 0 atom stereocenters. The van der Waals surface area contributed by atoms with E-state index in [0.717, 1.165) is 22.6 Å². The van der Waals surface area contributed by atoms with E-state index < -0.39 is 0 Å². The van der Waals surface area contributed by atoms with Gasteiger partial charge in [0.05, 0.1) is 18.1 Å². The predicted octanol–water partition coefficient (Wildman–Crippen LogP) is 3.00. The average molecular weight is 394 g/mol. The molecule has 3 rings (SSSR count). The minimum Gasteiger partial charge on any atom is -0.497 e. The van der Waals surface area contributed by atoms with Gasteiger partial charge in [-0.15, -0.1) is 0 Å². The largest absolute Gasteiger partial charge is 0.497 e. The van der Waals surface area contributed by atoms with Crippen LogP contribution in [0.5, 0.6) is 5.75 Å². The van der Waals surface area contributed by atoms with Crippen LogP contribution in [0.3, 0.4) is 0 Å². The maximum Gasteiger partial charge on any atom is 0.244 e. The summed E-state index contributed by atoms with van der Waals surface area (Å²) in [5, 5.41) is 5.80. The van der Waals surface area contributed by atoms with Crippen molar-refractivity contribution in [1.29, 1.82) is 0 Å². The van der Waals surface area contributed by atoms with Crippen LogP contribution in [0.25, 0.3) is 11.0 Å². The zero-order valence-corrected chi connectivity index (χ0v) is 16.9. The summed E-state index contributed by atoms with van der Waals surface area (Å²) in [6.07, 6.45) is 0.545. The predicted molar refractivity (Wildman–Crippen MR) is 113 cm³/mol. The first-order valence-electron chi connectivity index (χ1n) is 9.63. The third-order valence-electron chi connectivity index (χ3n) is 4.58. The van der Waals surface area contributed by atoms with Crippen LogP contribution >= 0.6 is 0 Å². The fourth-order valence-electron chi connectivity index (χ4n) is 3.01. The molecule has 3 aromatic rings. The summed E-state index contributed by atoms with van der Waals surface area (Å²) >= 11 is 0. The van der Waals surface area contributed by atoms with E-state index in [1.54, 1.807) is 31.4 Å². The zero-order valence-electron chi connectivity index (χ0n) is 16.9. The number of ether oxygens (including phenoxy) is 1. The Balaban J connectivity index is 1.73. The Morgan fingerprint density at radius 3 is 2.52 bits per heavy atom. The summed E-state index contributed by atoms with van der Waals surface area (Å²) in [5.74, 6) is 1.29. The number of aromatic nitrogens is 2. The molecular weight excluding hydrogens is 368 g/mol. The Kier molecular flexibility index (Phi) is 6.49. The molecule has 0 saturated carbocycles. The van der Waals surface area contributed by atoms with Crippen molar-refractivity contribution in [3.63, 3.8) is 0 Å². The molecular formula is C22H26N4O3. The number of methoxy groups -OCH3 is 1. The van der Waals surface area contributed by atoms with Crippen molar-refractivity contribution in [2.75, 3.05) is 19.0 Å². The van der Waals surface area contributed by atoms with Gasteiger partial charge in [0.25, 0.3) is 0 Å². The highest BCUT2D eigenvalue weighted by Gasteiger charge is 2.14. The number of hydrogen-bond acceptors (Lipinski definition) is 4. The molecule has 7 heteroatoms. The second-order valence-electron chi connectivity index (χ2n) is 7.08. The standard InChI is InChI=1S/C22H26N4O3/c1-15(2)22(28)23-13-12-20-25-18-6-4-5-7-19(18)26(20)14-21(27)24-16-8-10-17(29-3)11-9-16/h4-11,15H,12-14H2,1-3H3,(H,23,28)(H,24,27). The molecule has 0 bridgehead atoms. The molecule has 2 N–H and O–H groups in total. The number of fused-ring (bicyclic) bond motifs is 1. The van der Waals surface area contributed by atoms with Crippen LogP contribution in [-0.2, 0) is 22.6 Å². The van der Waals surface area contributed by atoms with E-state index in [2.05, 4.69) is 15.6 Å². The fourth-order valence-corrected chi connectivity index (χ4v) is 3.01. The number of nitrogens with one attached hydrogen (secondary N) is 2. The summed E-state index contributed by atoms with van der Waals surface area (Å²) in [6, 6.07) is 14.9. The number of anilines is 1. The van der Waals surface area contributed by atoms with E-state index in [0.29, 0.717) is 18.7 Å². The molecule has 7 nitrogen and oxygen atoms in total. The van der Waals surface area contributed by atoms with Gasteiger partial charge >= 0.3 is 0 Å². The van der Waals surface area contributed by atoms with E-state index in [4.69, 9.17) is 4.74 Å². The van der Waals surface area contributed by atoms with Crippen molar-refractivity contribution in [3.05, 3.63) is 54.4 Å². The number of hydrogen-bond donors (Lipinski definition) is 2. The first-order chi connectivity index (χ1) is 14.0. The molecule has 0 spiro atoms.